The smallest absolute Gasteiger partial charge is 0.475 e. The van der Waals surface area contributed by atoms with Crippen LogP contribution in [0, 0.1) is 17.0 Å². The molecule has 0 spiro atoms. The number of ether oxygens (including phenoxy) is 4. The number of esters is 3. The van der Waals surface area contributed by atoms with Crippen molar-refractivity contribution in [3.8, 4) is 11.1 Å². The Morgan fingerprint density at radius 2 is 1.29 bits per heavy atom. The van der Waals surface area contributed by atoms with Crippen LogP contribution in [0.25, 0.3) is 11.1 Å². The van der Waals surface area contributed by atoms with Gasteiger partial charge in [0.15, 0.2) is 0 Å². The molecule has 93 heavy (non-hydrogen) atoms. The number of nitrogens with zero attached hydrogens (tertiary/aromatic N) is 2. The van der Waals surface area contributed by atoms with Gasteiger partial charge in [-0.15, -0.1) is 11.8 Å². The zero-order valence-corrected chi connectivity index (χ0v) is 57.5. The number of aromatic nitrogens is 1. The highest BCUT2D eigenvalue weighted by Crippen LogP contribution is 2.42. The van der Waals surface area contributed by atoms with Crippen molar-refractivity contribution in [2.45, 2.75) is 201 Å². The minimum absolute atomic E-state index is 0.0468. The van der Waals surface area contributed by atoms with E-state index in [0.29, 0.717) is 17.3 Å². The third-order valence-electron chi connectivity index (χ3n) is 12.7. The highest BCUT2D eigenvalue weighted by molar-refractivity contribution is 8.00. The molecule has 30 heteroatoms. The van der Waals surface area contributed by atoms with E-state index in [1.54, 1.807) is 74.6 Å². The first-order valence-electron chi connectivity index (χ1n) is 29.9. The van der Waals surface area contributed by atoms with Gasteiger partial charge in [-0.2, -0.15) is 13.2 Å². The number of aliphatic carboxylic acids is 1. The lowest BCUT2D eigenvalue weighted by Crippen LogP contribution is -2.52. The summed E-state index contributed by atoms with van der Waals surface area (Å²) in [6.07, 6.45) is -5.88. The summed E-state index contributed by atoms with van der Waals surface area (Å²) in [6, 6.07) is 8.25. The predicted octanol–water partition coefficient (Wildman–Crippen LogP) is 8.07. The molecular formula is C63H93F5N8O15SSi. The Morgan fingerprint density at radius 3 is 1.82 bits per heavy atom. The topological polar surface area (TPSA) is 336 Å². The molecule has 2 aromatic carbocycles. The van der Waals surface area contributed by atoms with Crippen molar-refractivity contribution < 1.29 is 94.0 Å². The summed E-state index contributed by atoms with van der Waals surface area (Å²) in [5.41, 5.74) is 9.14. The Balaban J connectivity index is 0.00000396. The first kappa shape index (κ1) is 81.5. The van der Waals surface area contributed by atoms with Crippen LogP contribution in [0.3, 0.4) is 0 Å². The van der Waals surface area contributed by atoms with Crippen molar-refractivity contribution in [2.24, 2.45) is 16.9 Å². The number of thioether (sulfide) groups is 1. The number of alkyl carbamates (subject to hydrolysis) is 1. The number of hydrogen-bond donors (Lipinski definition) is 7. The number of rotatable bonds is 30. The summed E-state index contributed by atoms with van der Waals surface area (Å²) < 4.78 is 86.3. The van der Waals surface area contributed by atoms with Crippen LogP contribution >= 0.6 is 11.8 Å². The summed E-state index contributed by atoms with van der Waals surface area (Å²) in [7, 11) is -1.71. The van der Waals surface area contributed by atoms with E-state index in [9.17, 15) is 55.9 Å². The number of benzene rings is 2. The van der Waals surface area contributed by atoms with Crippen LogP contribution in [0.15, 0.2) is 60.8 Å². The van der Waals surface area contributed by atoms with E-state index >= 15 is 9.18 Å². The molecule has 0 fully saturated rings. The third kappa shape index (κ3) is 32.2. The maximum absolute atomic E-state index is 15.7. The normalized spacial score (nSPS) is 13.6. The predicted molar refractivity (Wildman–Crippen MR) is 341 cm³/mol. The van der Waals surface area contributed by atoms with Crippen molar-refractivity contribution in [3.05, 3.63) is 83.7 Å². The van der Waals surface area contributed by atoms with Gasteiger partial charge in [0.25, 0.3) is 0 Å². The minimum Gasteiger partial charge on any atom is -0.475 e. The Labute approximate surface area is 545 Å². The van der Waals surface area contributed by atoms with E-state index in [2.05, 4.69) is 40.9 Å². The summed E-state index contributed by atoms with van der Waals surface area (Å²) >= 11 is 0.953. The van der Waals surface area contributed by atoms with E-state index in [-0.39, 0.29) is 69.0 Å². The number of nitrogens with two attached hydrogens (primary N) is 2. The van der Waals surface area contributed by atoms with Gasteiger partial charge in [-0.05, 0) is 116 Å². The monoisotopic (exact) mass is 1360 g/mol. The molecule has 1 aromatic heterocycles. The number of carbonyl (C=O) groups excluding carboxylic acids is 9. The maximum atomic E-state index is 15.7. The lowest BCUT2D eigenvalue weighted by atomic mass is 9.82. The quantitative estimate of drug-likeness (QED) is 0.0143. The third-order valence-corrected chi connectivity index (χ3v) is 15.4. The molecule has 5 atom stereocenters. The van der Waals surface area contributed by atoms with E-state index < -0.39 is 144 Å². The fraction of sp³-hybridized carbons (Fsp3) is 0.587. The van der Waals surface area contributed by atoms with E-state index in [4.69, 9.17) is 40.3 Å². The molecule has 0 aliphatic heterocycles. The molecule has 0 saturated heterocycles. The Morgan fingerprint density at radius 1 is 0.720 bits per heavy atom. The van der Waals surface area contributed by atoms with Crippen LogP contribution in [-0.4, -0.2) is 161 Å². The van der Waals surface area contributed by atoms with Crippen LogP contribution in [0.4, 0.5) is 26.7 Å². The van der Waals surface area contributed by atoms with Crippen molar-refractivity contribution in [2.75, 3.05) is 31.2 Å². The number of carboxylic acids is 1. The molecule has 3 aromatic rings. The average Bonchev–Trinajstić information content (AvgIpc) is 1.68. The number of alkyl halides is 3. The van der Waals surface area contributed by atoms with Crippen molar-refractivity contribution in [3.63, 3.8) is 0 Å². The summed E-state index contributed by atoms with van der Waals surface area (Å²) in [5.74, 6) is -10.7. The molecule has 0 saturated carbocycles. The molecule has 9 N–H and O–H groups in total. The fourth-order valence-electron chi connectivity index (χ4n) is 8.62. The van der Waals surface area contributed by atoms with Gasteiger partial charge in [0, 0.05) is 69.3 Å². The minimum atomic E-state index is -5.08. The fourth-order valence-corrected chi connectivity index (χ4v) is 10.3. The second kappa shape index (κ2) is 35.6. The molecule has 6 amide bonds. The second-order valence-corrected chi connectivity index (χ2v) is 33.8. The lowest BCUT2D eigenvalue weighted by Gasteiger charge is -2.41. The first-order valence-corrected chi connectivity index (χ1v) is 34.8. The zero-order chi connectivity index (χ0) is 71.2. The van der Waals surface area contributed by atoms with Crippen molar-refractivity contribution in [1.29, 1.82) is 0 Å². The number of carboxylic acid groups (broad SMARTS) is 1. The van der Waals surface area contributed by atoms with Gasteiger partial charge >= 0.3 is 36.1 Å². The van der Waals surface area contributed by atoms with Gasteiger partial charge in [-0.1, -0.05) is 70.7 Å². The van der Waals surface area contributed by atoms with Crippen LogP contribution in [0.5, 0.6) is 0 Å². The molecule has 520 valence electrons. The van der Waals surface area contributed by atoms with E-state index in [1.165, 1.54) is 4.90 Å². The number of nitrogens with one attached hydrogen (secondary N) is 4. The van der Waals surface area contributed by atoms with Crippen molar-refractivity contribution in [1.82, 2.24) is 30.7 Å². The summed E-state index contributed by atoms with van der Waals surface area (Å²) in [4.78, 5) is 132. The highest BCUT2D eigenvalue weighted by Gasteiger charge is 2.40. The van der Waals surface area contributed by atoms with Crippen LogP contribution in [-0.2, 0) is 68.6 Å². The summed E-state index contributed by atoms with van der Waals surface area (Å²) in [5, 5.41) is 17.6. The Kier molecular flexibility index (Phi) is 31.2. The lowest BCUT2D eigenvalue weighted by molar-refractivity contribution is -0.192. The molecule has 0 aliphatic rings. The number of amides is 6. The van der Waals surface area contributed by atoms with E-state index in [1.807, 2.05) is 55.7 Å². The van der Waals surface area contributed by atoms with Crippen LogP contribution in [0.2, 0.25) is 25.7 Å². The molecular weight excluding hydrogens is 1260 g/mol. The van der Waals surface area contributed by atoms with Gasteiger partial charge in [0.1, 0.15) is 46.6 Å². The molecule has 23 nitrogen and oxygen atoms in total. The molecule has 0 aliphatic carbocycles. The number of hydrogen-bond acceptors (Lipinski definition) is 16. The maximum Gasteiger partial charge on any atom is 0.490 e. The molecule has 0 bridgehead atoms. The van der Waals surface area contributed by atoms with Crippen LogP contribution < -0.4 is 32.7 Å². The van der Waals surface area contributed by atoms with Gasteiger partial charge < -0.3 is 66.3 Å². The average molecular weight is 1360 g/mol. The number of carbonyl (C=O) groups is 10. The van der Waals surface area contributed by atoms with Crippen molar-refractivity contribution >= 4 is 79.3 Å². The Bertz CT molecular complexity index is 3050. The van der Waals surface area contributed by atoms with Gasteiger partial charge in [-0.3, -0.25) is 28.8 Å². The largest absolute Gasteiger partial charge is 0.490 e. The van der Waals surface area contributed by atoms with Gasteiger partial charge in [0.05, 0.1) is 30.9 Å². The number of halogens is 5. The standard InChI is InChI=1S/C61H92F2N8O13SSi.C2HF3O2/c1-58(2,3)52(47-31-39(41-32-40(62)21-22-42(41)63)35-70(47)34-38-19-17-16-18-20-38)71(50(74)37-85-36-46(56(79)84-61(10,11)12)68-53(76)43(64)33-48(65)72)28-26-44(69-57(80)81-29-30-86(13,14)15)54(77)66-27-25-49(73)67-45(55(78)83-60(7,8)9)23-24-51(75)82-59(4,5)6;3-2(4,5)1(6)7/h16-22,31-32,35,43-46,52H,23-30,33-34,36-37,64H2,1-15H3,(H2,65,72)(H,66,77)(H,67,73)(H,68,76)(H,69,80);(H,6,7)/t43-,44-,45+,46-,52-;/m0./s1. The van der Waals surface area contributed by atoms with Crippen LogP contribution in [0.1, 0.15) is 132 Å². The molecule has 3 rings (SSSR count). The molecule has 1 heterocycles. The molecule has 0 radical (unpaired) electrons. The van der Waals surface area contributed by atoms with Gasteiger partial charge in [-0.25, -0.2) is 28.0 Å². The van der Waals surface area contributed by atoms with E-state index in [0.717, 1.165) is 35.5 Å². The Hall–Kier alpha value is -7.60. The van der Waals surface area contributed by atoms with Gasteiger partial charge in [0.2, 0.25) is 29.5 Å². The number of primary amides is 1. The zero-order valence-electron chi connectivity index (χ0n) is 55.7. The summed E-state index contributed by atoms with van der Waals surface area (Å²) in [6.45, 7) is 26.5. The highest BCUT2D eigenvalue weighted by atomic mass is 32.2. The SMILES string of the molecule is CC(C)(C)OC(=O)CC[C@@H](NC(=O)CCNC(=O)[C@H](CCN(C(=O)CSC[C@H](NC(=O)[C@@H](N)CC(N)=O)C(=O)OC(C)(C)C)[C@@H](c1cc(-c2cc(F)ccc2F)cn1Cc1ccccc1)C(C)(C)C)NC(=O)OCC[Si](C)(C)C)C(=O)OC(C)(C)C.O=C(O)C(F)(F)F. The molecule has 0 unspecified atom stereocenters. The second-order valence-electron chi connectivity index (χ2n) is 27.2. The first-order chi connectivity index (χ1) is 42.5.